The van der Waals surface area contributed by atoms with E-state index in [0.717, 1.165) is 16.5 Å². The molecule has 0 atom stereocenters. The van der Waals surface area contributed by atoms with Gasteiger partial charge in [0, 0.05) is 31.7 Å². The third kappa shape index (κ3) is 3.28. The Bertz CT molecular complexity index is 823. The fraction of sp³-hybridized carbons (Fsp3) is 0.250. The molecule has 0 saturated heterocycles. The molecule has 2 heterocycles. The number of urea groups is 1. The molecule has 0 aliphatic carbocycles. The highest BCUT2D eigenvalue weighted by Gasteiger charge is 2.13. The average molecular weight is 310 g/mol. The molecule has 0 radical (unpaired) electrons. The maximum Gasteiger partial charge on any atom is 0.324 e. The lowest BCUT2D eigenvalue weighted by atomic mass is 10.1. The number of amides is 2. The molecule has 7 nitrogen and oxygen atoms in total. The Morgan fingerprint density at radius 2 is 2.13 bits per heavy atom. The molecule has 0 aliphatic heterocycles. The summed E-state index contributed by atoms with van der Waals surface area (Å²) in [5.41, 5.74) is 1.96. The van der Waals surface area contributed by atoms with Crippen molar-refractivity contribution in [2.45, 2.75) is 20.0 Å². The average Bonchev–Trinajstić information content (AvgIpc) is 3.02. The molecule has 0 saturated carbocycles. The van der Waals surface area contributed by atoms with Crippen LogP contribution in [0.1, 0.15) is 12.5 Å². The van der Waals surface area contributed by atoms with Crippen LogP contribution in [0.3, 0.4) is 0 Å². The van der Waals surface area contributed by atoms with Crippen molar-refractivity contribution < 1.29 is 4.79 Å². The third-order valence-corrected chi connectivity index (χ3v) is 3.57. The summed E-state index contributed by atoms with van der Waals surface area (Å²) in [6.07, 6.45) is 3.35. The smallest absolute Gasteiger partial charge is 0.323 e. The predicted molar refractivity (Wildman–Crippen MR) is 87.9 cm³/mol. The predicted octanol–water partition coefficient (Wildman–Crippen LogP) is 2.51. The van der Waals surface area contributed by atoms with Gasteiger partial charge in [0.05, 0.1) is 5.52 Å². The zero-order chi connectivity index (χ0) is 16.2. The van der Waals surface area contributed by atoms with Gasteiger partial charge in [-0.05, 0) is 24.6 Å². The molecule has 1 aromatic carbocycles. The number of anilines is 1. The van der Waals surface area contributed by atoms with Gasteiger partial charge in [-0.1, -0.05) is 18.2 Å². The van der Waals surface area contributed by atoms with E-state index in [1.807, 2.05) is 37.3 Å². The molecule has 118 valence electrons. The minimum atomic E-state index is -0.250. The first-order valence-electron chi connectivity index (χ1n) is 7.41. The summed E-state index contributed by atoms with van der Waals surface area (Å²) in [5.74, 6) is 0.309. The van der Waals surface area contributed by atoms with Gasteiger partial charge in [0.25, 0.3) is 0 Å². The van der Waals surface area contributed by atoms with Gasteiger partial charge in [0.1, 0.15) is 6.33 Å². The Morgan fingerprint density at radius 1 is 1.26 bits per heavy atom. The molecule has 23 heavy (non-hydrogen) atoms. The number of nitrogens with zero attached hydrogens (tertiary/aromatic N) is 5. The van der Waals surface area contributed by atoms with Gasteiger partial charge in [-0.3, -0.25) is 15.0 Å². The van der Waals surface area contributed by atoms with E-state index in [2.05, 4.69) is 20.4 Å². The van der Waals surface area contributed by atoms with Gasteiger partial charge in [0.2, 0.25) is 5.95 Å². The van der Waals surface area contributed by atoms with Crippen molar-refractivity contribution in [3.8, 4) is 0 Å². The van der Waals surface area contributed by atoms with Gasteiger partial charge in [-0.15, -0.1) is 5.10 Å². The maximum atomic E-state index is 12.3. The summed E-state index contributed by atoms with van der Waals surface area (Å²) in [7, 11) is 1.74. The largest absolute Gasteiger partial charge is 0.324 e. The van der Waals surface area contributed by atoms with Gasteiger partial charge < -0.3 is 4.90 Å². The maximum absolute atomic E-state index is 12.3. The number of hydrogen-bond donors (Lipinski definition) is 1. The molecule has 2 amide bonds. The number of pyridine rings is 1. The molecule has 1 N–H and O–H groups in total. The van der Waals surface area contributed by atoms with Crippen LogP contribution in [0, 0.1) is 0 Å². The molecule has 3 aromatic rings. The van der Waals surface area contributed by atoms with Crippen LogP contribution < -0.4 is 5.32 Å². The molecular formula is C16H18N6O. The Labute approximate surface area is 134 Å². The quantitative estimate of drug-likeness (QED) is 0.803. The van der Waals surface area contributed by atoms with Crippen molar-refractivity contribution in [3.63, 3.8) is 0 Å². The lowest BCUT2D eigenvalue weighted by Gasteiger charge is -2.17. The molecule has 0 aliphatic rings. The monoisotopic (exact) mass is 310 g/mol. The topological polar surface area (TPSA) is 75.9 Å². The minimum Gasteiger partial charge on any atom is -0.323 e. The second kappa shape index (κ2) is 6.43. The second-order valence-corrected chi connectivity index (χ2v) is 5.20. The summed E-state index contributed by atoms with van der Waals surface area (Å²) < 4.78 is 1.66. The molecule has 2 aromatic heterocycles. The number of hydrogen-bond acceptors (Lipinski definition) is 4. The van der Waals surface area contributed by atoms with E-state index < -0.39 is 0 Å². The summed E-state index contributed by atoms with van der Waals surface area (Å²) in [6, 6.07) is 9.56. The summed E-state index contributed by atoms with van der Waals surface area (Å²) in [6.45, 7) is 3.14. The van der Waals surface area contributed by atoms with Crippen molar-refractivity contribution in [1.29, 1.82) is 0 Å². The lowest BCUT2D eigenvalue weighted by molar-refractivity contribution is 0.220. The van der Waals surface area contributed by atoms with Crippen molar-refractivity contribution in [2.75, 3.05) is 12.4 Å². The SMILES string of the molecule is CCn1cnc(NC(=O)N(C)Cc2cccc3ncccc23)n1. The molecule has 0 spiro atoms. The Morgan fingerprint density at radius 3 is 2.91 bits per heavy atom. The Kier molecular flexibility index (Phi) is 4.18. The first kappa shape index (κ1) is 15.0. The van der Waals surface area contributed by atoms with E-state index in [-0.39, 0.29) is 6.03 Å². The first-order chi connectivity index (χ1) is 11.2. The summed E-state index contributed by atoms with van der Waals surface area (Å²) >= 11 is 0. The van der Waals surface area contributed by atoms with Crippen LogP contribution in [0.25, 0.3) is 10.9 Å². The van der Waals surface area contributed by atoms with E-state index in [9.17, 15) is 4.79 Å². The highest BCUT2D eigenvalue weighted by Crippen LogP contribution is 2.18. The third-order valence-electron chi connectivity index (χ3n) is 3.57. The number of benzene rings is 1. The van der Waals surface area contributed by atoms with Gasteiger partial charge in [-0.2, -0.15) is 0 Å². The molecular weight excluding hydrogens is 292 g/mol. The summed E-state index contributed by atoms with van der Waals surface area (Å²) in [5, 5.41) is 7.88. The number of carbonyl (C=O) groups is 1. The van der Waals surface area contributed by atoms with Crippen molar-refractivity contribution in [1.82, 2.24) is 24.6 Å². The molecule has 0 unspecified atom stereocenters. The van der Waals surface area contributed by atoms with Crippen LogP contribution >= 0.6 is 0 Å². The molecule has 0 fully saturated rings. The standard InChI is InChI=1S/C16H18N6O/c1-3-22-11-18-15(20-22)19-16(23)21(2)10-12-6-4-8-14-13(12)7-5-9-17-14/h4-9,11H,3,10H2,1-2H3,(H,19,20,23). The zero-order valence-corrected chi connectivity index (χ0v) is 13.1. The fourth-order valence-corrected chi connectivity index (χ4v) is 2.33. The van der Waals surface area contributed by atoms with Crippen LogP contribution in [0.5, 0.6) is 0 Å². The number of carbonyl (C=O) groups excluding carboxylic acids is 1. The van der Waals surface area contributed by atoms with E-state index in [1.54, 1.807) is 29.2 Å². The molecule has 0 bridgehead atoms. The number of fused-ring (bicyclic) bond motifs is 1. The van der Waals surface area contributed by atoms with Crippen LogP contribution in [-0.2, 0) is 13.1 Å². The van der Waals surface area contributed by atoms with Crippen molar-refractivity contribution in [2.24, 2.45) is 0 Å². The second-order valence-electron chi connectivity index (χ2n) is 5.20. The van der Waals surface area contributed by atoms with Gasteiger partial charge in [-0.25, -0.2) is 9.78 Å². The highest BCUT2D eigenvalue weighted by atomic mass is 16.2. The number of rotatable bonds is 4. The number of aryl methyl sites for hydroxylation is 1. The Hall–Kier alpha value is -2.96. The van der Waals surface area contributed by atoms with Crippen molar-refractivity contribution >= 4 is 22.9 Å². The van der Waals surface area contributed by atoms with Crippen LogP contribution in [0.15, 0.2) is 42.9 Å². The fourth-order valence-electron chi connectivity index (χ4n) is 2.33. The number of nitrogens with one attached hydrogen (secondary N) is 1. The van der Waals surface area contributed by atoms with Crippen LogP contribution in [0.4, 0.5) is 10.7 Å². The van der Waals surface area contributed by atoms with E-state index >= 15 is 0 Å². The van der Waals surface area contributed by atoms with Gasteiger partial charge in [0.15, 0.2) is 0 Å². The lowest BCUT2D eigenvalue weighted by Crippen LogP contribution is -2.31. The first-order valence-corrected chi connectivity index (χ1v) is 7.41. The number of aromatic nitrogens is 4. The Balaban J connectivity index is 1.72. The zero-order valence-electron chi connectivity index (χ0n) is 13.1. The van der Waals surface area contributed by atoms with Crippen LogP contribution in [-0.4, -0.2) is 37.7 Å². The molecule has 7 heteroatoms. The van der Waals surface area contributed by atoms with E-state index in [0.29, 0.717) is 19.0 Å². The minimum absolute atomic E-state index is 0.250. The molecule has 3 rings (SSSR count). The summed E-state index contributed by atoms with van der Waals surface area (Å²) in [4.78, 5) is 22.2. The highest BCUT2D eigenvalue weighted by molar-refractivity contribution is 5.88. The van der Waals surface area contributed by atoms with Gasteiger partial charge >= 0.3 is 6.03 Å². The van der Waals surface area contributed by atoms with E-state index in [4.69, 9.17) is 0 Å². The van der Waals surface area contributed by atoms with Crippen LogP contribution in [0.2, 0.25) is 0 Å². The normalized spacial score (nSPS) is 10.7. The van der Waals surface area contributed by atoms with E-state index in [1.165, 1.54) is 0 Å². The van der Waals surface area contributed by atoms with Crippen molar-refractivity contribution in [3.05, 3.63) is 48.4 Å².